The molecule has 1 saturated carbocycles. The molecule has 1 aliphatic rings. The molecule has 1 aliphatic carbocycles. The van der Waals surface area contributed by atoms with Crippen molar-refractivity contribution in [2.45, 2.75) is 32.7 Å². The second-order valence-corrected chi connectivity index (χ2v) is 5.71. The van der Waals surface area contributed by atoms with Gasteiger partial charge in [-0.1, -0.05) is 19.8 Å². The molecule has 0 bridgehead atoms. The first-order valence-electron chi connectivity index (χ1n) is 7.40. The van der Waals surface area contributed by atoms with Crippen LogP contribution in [0.3, 0.4) is 0 Å². The van der Waals surface area contributed by atoms with Gasteiger partial charge in [0, 0.05) is 13.7 Å². The van der Waals surface area contributed by atoms with E-state index in [9.17, 15) is 9.59 Å². The Morgan fingerprint density at radius 1 is 1.43 bits per heavy atom. The van der Waals surface area contributed by atoms with E-state index in [0.29, 0.717) is 31.5 Å². The maximum atomic E-state index is 11.9. The van der Waals surface area contributed by atoms with Gasteiger partial charge in [0.05, 0.1) is 13.2 Å². The topological polar surface area (TPSA) is 102 Å². The molecule has 21 heavy (non-hydrogen) atoms. The van der Waals surface area contributed by atoms with E-state index in [-0.39, 0.29) is 11.5 Å². The van der Waals surface area contributed by atoms with Crippen LogP contribution in [0.1, 0.15) is 26.2 Å². The lowest BCUT2D eigenvalue weighted by Crippen LogP contribution is -2.35. The molecule has 4 N–H and O–H groups in total. The van der Waals surface area contributed by atoms with Crippen LogP contribution in [0.2, 0.25) is 0 Å². The predicted molar refractivity (Wildman–Crippen MR) is 82.6 cm³/mol. The van der Waals surface area contributed by atoms with Crippen LogP contribution in [-0.4, -0.2) is 29.8 Å². The Balaban J connectivity index is 2.18. The van der Waals surface area contributed by atoms with Crippen molar-refractivity contribution >= 4 is 11.5 Å². The molecule has 0 saturated heterocycles. The molecular weight excluding hydrogens is 272 g/mol. The average molecular weight is 296 g/mol. The first-order valence-corrected chi connectivity index (χ1v) is 7.40. The van der Waals surface area contributed by atoms with Crippen molar-refractivity contribution < 1.29 is 4.74 Å². The zero-order valence-corrected chi connectivity index (χ0v) is 12.6. The molecule has 1 heterocycles. The molecule has 118 valence electrons. The number of H-pyrrole nitrogens is 1. The molecule has 0 aliphatic heterocycles. The van der Waals surface area contributed by atoms with Gasteiger partial charge >= 0.3 is 5.69 Å². The molecule has 1 aromatic heterocycles. The summed E-state index contributed by atoms with van der Waals surface area (Å²) in [5.74, 6) is 1.37. The lowest BCUT2D eigenvalue weighted by Gasteiger charge is -2.18. The van der Waals surface area contributed by atoms with Crippen molar-refractivity contribution in [3.05, 3.63) is 20.8 Å². The minimum Gasteiger partial charge on any atom is -0.383 e. The number of rotatable bonds is 6. The number of aromatic nitrogens is 2. The third-order valence-corrected chi connectivity index (χ3v) is 4.34. The molecule has 7 nitrogen and oxygen atoms in total. The van der Waals surface area contributed by atoms with Crippen molar-refractivity contribution in [2.24, 2.45) is 11.8 Å². The predicted octanol–water partition coefficient (Wildman–Crippen LogP) is 0.613. The monoisotopic (exact) mass is 296 g/mol. The number of nitrogens with zero attached hydrogens (tertiary/aromatic N) is 1. The fourth-order valence-electron chi connectivity index (χ4n) is 2.92. The van der Waals surface area contributed by atoms with Crippen LogP contribution in [0, 0.1) is 11.8 Å². The molecule has 0 radical (unpaired) electrons. The van der Waals surface area contributed by atoms with Crippen molar-refractivity contribution in [3.8, 4) is 0 Å². The third-order valence-electron chi connectivity index (χ3n) is 4.34. The first kappa shape index (κ1) is 15.6. The maximum Gasteiger partial charge on any atom is 0.330 e. The summed E-state index contributed by atoms with van der Waals surface area (Å²) in [6, 6.07) is 0. The number of nitrogens with two attached hydrogens (primary N) is 1. The molecular formula is C14H24N4O3. The van der Waals surface area contributed by atoms with Crippen molar-refractivity contribution in [2.75, 3.05) is 31.3 Å². The van der Waals surface area contributed by atoms with E-state index in [1.165, 1.54) is 17.4 Å². The summed E-state index contributed by atoms with van der Waals surface area (Å²) in [6.45, 7) is 3.60. The summed E-state index contributed by atoms with van der Waals surface area (Å²) in [4.78, 5) is 26.0. The number of aromatic amines is 1. The fourth-order valence-corrected chi connectivity index (χ4v) is 2.92. The molecule has 0 aromatic carbocycles. The normalized spacial score (nSPS) is 21.6. The molecule has 2 unspecified atom stereocenters. The standard InChI is InChI=1S/C14H24N4O3/c1-9-4-3-5-10(9)8-16-11-12(15)18(6-7-21-2)14(20)17-13(11)19/h9-10,16H,3-8,15H2,1-2H3,(H,17,19,20). The number of hydrogen-bond donors (Lipinski definition) is 3. The van der Waals surface area contributed by atoms with Gasteiger partial charge in [-0.15, -0.1) is 0 Å². The third kappa shape index (κ3) is 3.47. The highest BCUT2D eigenvalue weighted by Gasteiger charge is 2.23. The Bertz CT molecular complexity index is 593. The van der Waals surface area contributed by atoms with Crippen LogP contribution in [0.25, 0.3) is 0 Å². The second kappa shape index (κ2) is 6.80. The highest BCUT2D eigenvalue weighted by atomic mass is 16.5. The highest BCUT2D eigenvalue weighted by Crippen LogP contribution is 2.31. The van der Waals surface area contributed by atoms with Gasteiger partial charge in [-0.25, -0.2) is 4.79 Å². The first-order chi connectivity index (χ1) is 10.0. The Hall–Kier alpha value is -1.76. The number of anilines is 2. The van der Waals surface area contributed by atoms with E-state index in [4.69, 9.17) is 10.5 Å². The zero-order valence-electron chi connectivity index (χ0n) is 12.6. The Labute approximate surface area is 123 Å². The molecule has 2 atom stereocenters. The summed E-state index contributed by atoms with van der Waals surface area (Å²) < 4.78 is 6.28. The van der Waals surface area contributed by atoms with Crippen molar-refractivity contribution in [1.29, 1.82) is 0 Å². The van der Waals surface area contributed by atoms with Crippen LogP contribution in [0.15, 0.2) is 9.59 Å². The van der Waals surface area contributed by atoms with Crippen molar-refractivity contribution in [3.63, 3.8) is 0 Å². The van der Waals surface area contributed by atoms with E-state index >= 15 is 0 Å². The lowest BCUT2D eigenvalue weighted by atomic mass is 9.98. The Morgan fingerprint density at radius 3 is 2.81 bits per heavy atom. The van der Waals surface area contributed by atoms with Gasteiger partial charge in [0.15, 0.2) is 0 Å². The van der Waals surface area contributed by atoms with Gasteiger partial charge in [0.2, 0.25) is 0 Å². The molecule has 0 spiro atoms. The van der Waals surface area contributed by atoms with Crippen molar-refractivity contribution in [1.82, 2.24) is 9.55 Å². The molecule has 7 heteroatoms. The smallest absolute Gasteiger partial charge is 0.330 e. The second-order valence-electron chi connectivity index (χ2n) is 5.71. The van der Waals surface area contributed by atoms with Crippen LogP contribution < -0.4 is 22.3 Å². The van der Waals surface area contributed by atoms with Crippen LogP contribution >= 0.6 is 0 Å². The Morgan fingerprint density at radius 2 is 2.19 bits per heavy atom. The summed E-state index contributed by atoms with van der Waals surface area (Å²) in [6.07, 6.45) is 3.62. The number of ether oxygens (including phenoxy) is 1. The van der Waals surface area contributed by atoms with Gasteiger partial charge in [0.25, 0.3) is 5.56 Å². The van der Waals surface area contributed by atoms with E-state index < -0.39 is 11.2 Å². The maximum absolute atomic E-state index is 11.9. The molecule has 2 rings (SSSR count). The summed E-state index contributed by atoms with van der Waals surface area (Å²) in [5.41, 5.74) is 5.29. The van der Waals surface area contributed by atoms with Gasteiger partial charge in [-0.05, 0) is 18.3 Å². The quantitative estimate of drug-likeness (QED) is 0.714. The summed E-state index contributed by atoms with van der Waals surface area (Å²) in [5, 5.41) is 3.13. The number of methoxy groups -OCH3 is 1. The Kier molecular flexibility index (Phi) is 5.06. The SMILES string of the molecule is COCCn1c(N)c(NCC2CCCC2C)c(=O)[nH]c1=O. The molecule has 1 fully saturated rings. The lowest BCUT2D eigenvalue weighted by molar-refractivity contribution is 0.186. The van der Waals surface area contributed by atoms with Crippen LogP contribution in [-0.2, 0) is 11.3 Å². The van der Waals surface area contributed by atoms with E-state index in [2.05, 4.69) is 17.2 Å². The minimum atomic E-state index is -0.505. The van der Waals surface area contributed by atoms with Gasteiger partial charge in [-0.3, -0.25) is 14.3 Å². The van der Waals surface area contributed by atoms with E-state index in [0.717, 1.165) is 6.42 Å². The average Bonchev–Trinajstić information content (AvgIpc) is 2.84. The van der Waals surface area contributed by atoms with E-state index in [1.54, 1.807) is 7.11 Å². The molecule has 1 aromatic rings. The number of nitrogen functional groups attached to an aromatic ring is 1. The zero-order chi connectivity index (χ0) is 15.4. The largest absolute Gasteiger partial charge is 0.383 e. The van der Waals surface area contributed by atoms with Gasteiger partial charge in [0.1, 0.15) is 11.5 Å². The summed E-state index contributed by atoms with van der Waals surface area (Å²) >= 11 is 0. The van der Waals surface area contributed by atoms with Crippen LogP contribution in [0.4, 0.5) is 11.5 Å². The van der Waals surface area contributed by atoms with Gasteiger partial charge < -0.3 is 15.8 Å². The minimum absolute atomic E-state index is 0.173. The van der Waals surface area contributed by atoms with E-state index in [1.807, 2.05) is 0 Å². The molecule has 0 amide bonds. The van der Waals surface area contributed by atoms with Gasteiger partial charge in [-0.2, -0.15) is 0 Å². The number of hydrogen-bond acceptors (Lipinski definition) is 5. The fraction of sp³-hybridized carbons (Fsp3) is 0.714. The number of nitrogens with one attached hydrogen (secondary N) is 2. The van der Waals surface area contributed by atoms with Crippen LogP contribution in [0.5, 0.6) is 0 Å². The summed E-state index contributed by atoms with van der Waals surface area (Å²) in [7, 11) is 1.55. The highest BCUT2D eigenvalue weighted by molar-refractivity contribution is 5.60.